The van der Waals surface area contributed by atoms with Crippen molar-refractivity contribution < 1.29 is 18.1 Å². The minimum Gasteiger partial charge on any atom is -0.338 e. The maximum absolute atomic E-state index is 11.5. The molecule has 0 saturated carbocycles. The van der Waals surface area contributed by atoms with E-state index in [9.17, 15) is 23.3 Å². The van der Waals surface area contributed by atoms with Crippen LogP contribution in [0.3, 0.4) is 0 Å². The number of nitrogens with zero attached hydrogens (tertiary/aromatic N) is 2. The molecule has 1 aliphatic heterocycles. The Kier molecular flexibility index (Phi) is 3.97. The van der Waals surface area contributed by atoms with Gasteiger partial charge in [0.2, 0.25) is 15.9 Å². The van der Waals surface area contributed by atoms with Gasteiger partial charge in [0, 0.05) is 13.5 Å². The number of nitro groups is 1. The van der Waals surface area contributed by atoms with Crippen LogP contribution in [-0.2, 0) is 27.8 Å². The van der Waals surface area contributed by atoms with Gasteiger partial charge in [0.1, 0.15) is 0 Å². The number of nitrogens with two attached hydrogens (primary N) is 1. The molecule has 9 heteroatoms. The van der Waals surface area contributed by atoms with E-state index in [1.54, 1.807) is 0 Å². The van der Waals surface area contributed by atoms with Crippen molar-refractivity contribution in [3.8, 4) is 0 Å². The first-order chi connectivity index (χ1) is 9.71. The third-order valence-corrected chi connectivity index (χ3v) is 4.44. The van der Waals surface area contributed by atoms with Crippen molar-refractivity contribution in [1.29, 1.82) is 0 Å². The van der Waals surface area contributed by atoms with Gasteiger partial charge in [-0.3, -0.25) is 14.9 Å². The monoisotopic (exact) mass is 313 g/mol. The second kappa shape index (κ2) is 5.41. The molecule has 0 unspecified atom stereocenters. The average Bonchev–Trinajstić information content (AvgIpc) is 2.57. The van der Waals surface area contributed by atoms with Crippen LogP contribution in [0.2, 0.25) is 0 Å². The third kappa shape index (κ3) is 3.03. The standard InChI is InChI=1S/C12H15N3O5S/c1-8(16)14-6-2-3-9-4-5-11(21(13,19)20)12(15(17)18)10(9)7-14/h4-5H,2-3,6-7H2,1H3,(H2,13,19,20). The molecule has 1 aromatic rings. The zero-order chi connectivity index (χ0) is 15.8. The number of carbonyl (C=O) groups is 1. The Morgan fingerprint density at radius 2 is 2.10 bits per heavy atom. The lowest BCUT2D eigenvalue weighted by molar-refractivity contribution is -0.388. The summed E-state index contributed by atoms with van der Waals surface area (Å²) in [5, 5.41) is 16.4. The summed E-state index contributed by atoms with van der Waals surface area (Å²) >= 11 is 0. The van der Waals surface area contributed by atoms with E-state index >= 15 is 0 Å². The SMILES string of the molecule is CC(=O)N1CCCc2ccc(S(N)(=O)=O)c([N+](=O)[O-])c2C1. The molecule has 0 radical (unpaired) electrons. The van der Waals surface area contributed by atoms with Crippen LogP contribution in [0.4, 0.5) is 5.69 Å². The Morgan fingerprint density at radius 1 is 1.43 bits per heavy atom. The van der Waals surface area contributed by atoms with E-state index < -0.39 is 25.5 Å². The maximum atomic E-state index is 11.5. The van der Waals surface area contributed by atoms with Gasteiger partial charge in [0.15, 0.2) is 4.90 Å². The predicted octanol–water partition coefficient (Wildman–Crippen LogP) is 0.537. The average molecular weight is 313 g/mol. The number of rotatable bonds is 2. The van der Waals surface area contributed by atoms with Crippen LogP contribution in [-0.4, -0.2) is 30.7 Å². The molecule has 0 aromatic heterocycles. The third-order valence-electron chi connectivity index (χ3n) is 3.50. The van der Waals surface area contributed by atoms with Gasteiger partial charge < -0.3 is 4.90 Å². The van der Waals surface area contributed by atoms with Crippen LogP contribution in [0.1, 0.15) is 24.5 Å². The van der Waals surface area contributed by atoms with Gasteiger partial charge in [-0.2, -0.15) is 0 Å². The molecular formula is C12H15N3O5S. The molecule has 1 aliphatic rings. The van der Waals surface area contributed by atoms with Gasteiger partial charge in [0.05, 0.1) is 17.0 Å². The molecule has 21 heavy (non-hydrogen) atoms. The fourth-order valence-electron chi connectivity index (χ4n) is 2.50. The van der Waals surface area contributed by atoms with Gasteiger partial charge in [-0.25, -0.2) is 13.6 Å². The maximum Gasteiger partial charge on any atom is 0.294 e. The Balaban J connectivity index is 2.69. The highest BCUT2D eigenvalue weighted by Crippen LogP contribution is 2.33. The zero-order valence-corrected chi connectivity index (χ0v) is 12.2. The summed E-state index contributed by atoms with van der Waals surface area (Å²) in [5.74, 6) is -0.210. The van der Waals surface area contributed by atoms with Crippen LogP contribution >= 0.6 is 0 Å². The van der Waals surface area contributed by atoms with Gasteiger partial charge in [-0.1, -0.05) is 6.07 Å². The van der Waals surface area contributed by atoms with Crippen molar-refractivity contribution >= 4 is 21.6 Å². The van der Waals surface area contributed by atoms with Crippen molar-refractivity contribution in [2.45, 2.75) is 31.2 Å². The predicted molar refractivity (Wildman–Crippen MR) is 73.9 cm³/mol. The summed E-state index contributed by atoms with van der Waals surface area (Å²) in [6.07, 6.45) is 1.21. The molecule has 114 valence electrons. The van der Waals surface area contributed by atoms with Crippen LogP contribution in [0.15, 0.2) is 17.0 Å². The molecule has 1 aromatic carbocycles. The second-order valence-corrected chi connectivity index (χ2v) is 6.43. The number of hydrogen-bond acceptors (Lipinski definition) is 5. The van der Waals surface area contributed by atoms with Crippen molar-refractivity contribution in [3.63, 3.8) is 0 Å². The fraction of sp³-hybridized carbons (Fsp3) is 0.417. The topological polar surface area (TPSA) is 124 Å². The number of aryl methyl sites for hydroxylation is 1. The van der Waals surface area contributed by atoms with Crippen LogP contribution in [0.5, 0.6) is 0 Å². The van der Waals surface area contributed by atoms with Gasteiger partial charge in [0.25, 0.3) is 5.69 Å². The summed E-state index contributed by atoms with van der Waals surface area (Å²) in [7, 11) is -4.21. The number of amides is 1. The minimum atomic E-state index is -4.21. The van der Waals surface area contributed by atoms with Crippen LogP contribution in [0, 0.1) is 10.1 Å². The Labute approximate surface area is 121 Å². The summed E-state index contributed by atoms with van der Waals surface area (Å²) in [6, 6.07) is 2.70. The highest BCUT2D eigenvalue weighted by Gasteiger charge is 2.31. The van der Waals surface area contributed by atoms with E-state index in [0.29, 0.717) is 24.9 Å². The molecule has 0 saturated heterocycles. The zero-order valence-electron chi connectivity index (χ0n) is 11.4. The Bertz CT molecular complexity index is 714. The molecule has 0 bridgehead atoms. The van der Waals surface area contributed by atoms with E-state index in [-0.39, 0.29) is 18.0 Å². The highest BCUT2D eigenvalue weighted by molar-refractivity contribution is 7.89. The summed E-state index contributed by atoms with van der Waals surface area (Å²) in [5.41, 5.74) is 0.403. The van der Waals surface area contributed by atoms with Gasteiger partial charge in [-0.15, -0.1) is 0 Å². The lowest BCUT2D eigenvalue weighted by atomic mass is 10.0. The normalized spacial score (nSPS) is 15.2. The second-order valence-electron chi connectivity index (χ2n) is 4.90. The smallest absolute Gasteiger partial charge is 0.294 e. The van der Waals surface area contributed by atoms with E-state index in [2.05, 4.69) is 0 Å². The molecule has 1 amide bonds. The van der Waals surface area contributed by atoms with Crippen molar-refractivity contribution in [2.24, 2.45) is 5.14 Å². The van der Waals surface area contributed by atoms with E-state index in [4.69, 9.17) is 5.14 Å². The van der Waals surface area contributed by atoms with E-state index in [0.717, 1.165) is 6.07 Å². The van der Waals surface area contributed by atoms with Crippen LogP contribution < -0.4 is 5.14 Å². The number of benzene rings is 1. The number of sulfonamides is 1. The molecule has 1 heterocycles. The lowest BCUT2D eigenvalue weighted by Gasteiger charge is -2.19. The Morgan fingerprint density at radius 3 is 2.62 bits per heavy atom. The molecule has 2 N–H and O–H groups in total. The molecule has 0 fully saturated rings. The van der Waals surface area contributed by atoms with E-state index in [1.807, 2.05) is 0 Å². The van der Waals surface area contributed by atoms with Gasteiger partial charge >= 0.3 is 0 Å². The van der Waals surface area contributed by atoms with Crippen LogP contribution in [0.25, 0.3) is 0 Å². The number of hydrogen-bond donors (Lipinski definition) is 1. The number of primary sulfonamides is 1. The fourth-order valence-corrected chi connectivity index (χ4v) is 3.22. The lowest BCUT2D eigenvalue weighted by Crippen LogP contribution is -2.28. The first kappa shape index (κ1) is 15.4. The summed E-state index contributed by atoms with van der Waals surface area (Å²) < 4.78 is 23.1. The highest BCUT2D eigenvalue weighted by atomic mass is 32.2. The van der Waals surface area contributed by atoms with Crippen molar-refractivity contribution in [1.82, 2.24) is 4.90 Å². The largest absolute Gasteiger partial charge is 0.338 e. The molecule has 0 atom stereocenters. The molecule has 2 rings (SSSR count). The first-order valence-electron chi connectivity index (χ1n) is 6.29. The summed E-state index contributed by atoms with van der Waals surface area (Å²) in [6.45, 7) is 1.87. The van der Waals surface area contributed by atoms with Crippen molar-refractivity contribution in [3.05, 3.63) is 33.4 Å². The molecular weight excluding hydrogens is 298 g/mol. The number of nitro benzene ring substituents is 1. The minimum absolute atomic E-state index is 0.0182. The summed E-state index contributed by atoms with van der Waals surface area (Å²) in [4.78, 5) is 23.0. The van der Waals surface area contributed by atoms with Gasteiger partial charge in [-0.05, 0) is 24.5 Å². The molecule has 0 aliphatic carbocycles. The molecule has 8 nitrogen and oxygen atoms in total. The first-order valence-corrected chi connectivity index (χ1v) is 7.84. The number of carbonyl (C=O) groups excluding carboxylic acids is 1. The molecule has 0 spiro atoms. The number of fused-ring (bicyclic) bond motifs is 1. The quantitative estimate of drug-likeness (QED) is 0.630. The Hall–Kier alpha value is -2.00. The van der Waals surface area contributed by atoms with Crippen molar-refractivity contribution in [2.75, 3.05) is 6.54 Å². The van der Waals surface area contributed by atoms with E-state index in [1.165, 1.54) is 17.9 Å².